The number of ketones is 1. The average Bonchev–Trinajstić information content (AvgIpc) is 2.35. The molecule has 2 aliphatic rings. The molecule has 2 heteroatoms. The van der Waals surface area contributed by atoms with Crippen molar-refractivity contribution in [1.29, 1.82) is 0 Å². The van der Waals surface area contributed by atoms with E-state index in [-0.39, 0.29) is 11.3 Å². The van der Waals surface area contributed by atoms with Crippen LogP contribution in [-0.2, 0) is 9.53 Å². The molecular formula is C11H16O2. The molecule has 0 aromatic heterocycles. The molecule has 0 fully saturated rings. The molecule has 0 bridgehead atoms. The second-order valence-corrected chi connectivity index (χ2v) is 4.77. The predicted molar refractivity (Wildman–Crippen MR) is 50.2 cm³/mol. The molecule has 0 saturated carbocycles. The fraction of sp³-hybridized carbons (Fsp3) is 0.727. The highest BCUT2D eigenvalue weighted by Crippen LogP contribution is 2.43. The molecule has 2 nitrogen and oxygen atoms in total. The summed E-state index contributed by atoms with van der Waals surface area (Å²) in [6, 6.07) is 0. The van der Waals surface area contributed by atoms with E-state index in [2.05, 4.69) is 13.8 Å². The van der Waals surface area contributed by atoms with Crippen molar-refractivity contribution in [3.05, 3.63) is 11.3 Å². The van der Waals surface area contributed by atoms with Gasteiger partial charge in [-0.05, 0) is 6.42 Å². The maximum atomic E-state index is 11.9. The molecule has 0 aromatic rings. The first kappa shape index (κ1) is 8.79. The highest BCUT2D eigenvalue weighted by atomic mass is 16.5. The van der Waals surface area contributed by atoms with Crippen LogP contribution in [0.15, 0.2) is 11.3 Å². The summed E-state index contributed by atoms with van der Waals surface area (Å²) in [5.41, 5.74) is 0.910. The third-order valence-corrected chi connectivity index (χ3v) is 3.06. The largest absolute Gasteiger partial charge is 0.497 e. The summed E-state index contributed by atoms with van der Waals surface area (Å²) in [6.45, 7) is 6.87. The zero-order chi connectivity index (χ0) is 9.64. The van der Waals surface area contributed by atoms with E-state index in [1.807, 2.05) is 6.92 Å². The van der Waals surface area contributed by atoms with Crippen LogP contribution in [0, 0.1) is 11.3 Å². The van der Waals surface area contributed by atoms with Crippen LogP contribution in [-0.4, -0.2) is 12.4 Å². The van der Waals surface area contributed by atoms with Crippen LogP contribution in [0.25, 0.3) is 0 Å². The van der Waals surface area contributed by atoms with Crippen LogP contribution in [0.2, 0.25) is 0 Å². The lowest BCUT2D eigenvalue weighted by molar-refractivity contribution is -0.120. The Balaban J connectivity index is 2.41. The first-order valence-corrected chi connectivity index (χ1v) is 4.93. The normalized spacial score (nSPS) is 31.6. The van der Waals surface area contributed by atoms with Gasteiger partial charge in [-0.1, -0.05) is 20.8 Å². The van der Waals surface area contributed by atoms with Gasteiger partial charge < -0.3 is 4.74 Å². The van der Waals surface area contributed by atoms with Gasteiger partial charge in [0.15, 0.2) is 5.78 Å². The van der Waals surface area contributed by atoms with Crippen LogP contribution in [0.4, 0.5) is 0 Å². The number of ether oxygens (including phenoxy) is 1. The number of Topliss-reactive ketones (excluding diaryl/α,β-unsaturated/α-hetero) is 1. The van der Waals surface area contributed by atoms with Gasteiger partial charge in [0, 0.05) is 23.3 Å². The summed E-state index contributed by atoms with van der Waals surface area (Å²) in [5, 5.41) is 0. The number of hydrogen-bond acceptors (Lipinski definition) is 2. The van der Waals surface area contributed by atoms with Crippen molar-refractivity contribution < 1.29 is 9.53 Å². The smallest absolute Gasteiger partial charge is 0.165 e. The lowest BCUT2D eigenvalue weighted by atomic mass is 9.76. The SMILES string of the molecule is CC1CCC2=C(C1=O)C(C)(C)CO2. The van der Waals surface area contributed by atoms with Gasteiger partial charge in [-0.2, -0.15) is 0 Å². The zero-order valence-electron chi connectivity index (χ0n) is 8.52. The van der Waals surface area contributed by atoms with E-state index >= 15 is 0 Å². The molecule has 1 atom stereocenters. The number of allylic oxidation sites excluding steroid dienone is 1. The Morgan fingerprint density at radius 3 is 2.85 bits per heavy atom. The summed E-state index contributed by atoms with van der Waals surface area (Å²) < 4.78 is 5.55. The first-order chi connectivity index (χ1) is 6.02. The number of carbonyl (C=O) groups excluding carboxylic acids is 1. The minimum atomic E-state index is -0.0545. The molecule has 0 N–H and O–H groups in total. The zero-order valence-corrected chi connectivity index (χ0v) is 8.52. The van der Waals surface area contributed by atoms with E-state index in [9.17, 15) is 4.79 Å². The second kappa shape index (κ2) is 2.60. The monoisotopic (exact) mass is 180 g/mol. The predicted octanol–water partition coefficient (Wildman–Crippen LogP) is 2.30. The minimum absolute atomic E-state index is 0.0545. The highest BCUT2D eigenvalue weighted by molar-refractivity contribution is 5.99. The van der Waals surface area contributed by atoms with Crippen molar-refractivity contribution in [1.82, 2.24) is 0 Å². The molecule has 1 unspecified atom stereocenters. The molecule has 72 valence electrons. The molecule has 0 amide bonds. The van der Waals surface area contributed by atoms with Gasteiger partial charge in [0.25, 0.3) is 0 Å². The molecule has 0 spiro atoms. The molecule has 1 aliphatic carbocycles. The standard InChI is InChI=1S/C11H16O2/c1-7-4-5-8-9(10(7)12)11(2,3)6-13-8/h7H,4-6H2,1-3H3. The van der Waals surface area contributed by atoms with Crippen molar-refractivity contribution in [3.63, 3.8) is 0 Å². The quantitative estimate of drug-likeness (QED) is 0.571. The lowest BCUT2D eigenvalue weighted by Gasteiger charge is -2.23. The van der Waals surface area contributed by atoms with E-state index < -0.39 is 0 Å². The summed E-state index contributed by atoms with van der Waals surface area (Å²) in [5.74, 6) is 1.47. The van der Waals surface area contributed by atoms with Gasteiger partial charge >= 0.3 is 0 Å². The first-order valence-electron chi connectivity index (χ1n) is 4.93. The molecule has 13 heavy (non-hydrogen) atoms. The van der Waals surface area contributed by atoms with Gasteiger partial charge in [-0.3, -0.25) is 4.79 Å². The summed E-state index contributed by atoms with van der Waals surface area (Å²) in [7, 11) is 0. The van der Waals surface area contributed by atoms with Crippen LogP contribution >= 0.6 is 0 Å². The van der Waals surface area contributed by atoms with Gasteiger partial charge in [-0.15, -0.1) is 0 Å². The average molecular weight is 180 g/mol. The molecule has 0 radical (unpaired) electrons. The van der Waals surface area contributed by atoms with Crippen LogP contribution in [0.5, 0.6) is 0 Å². The fourth-order valence-electron chi connectivity index (χ4n) is 2.18. The van der Waals surface area contributed by atoms with Crippen LogP contribution < -0.4 is 0 Å². The Kier molecular flexibility index (Phi) is 1.76. The van der Waals surface area contributed by atoms with Crippen molar-refractivity contribution in [2.75, 3.05) is 6.61 Å². The Morgan fingerprint density at radius 1 is 1.46 bits per heavy atom. The van der Waals surface area contributed by atoms with Crippen molar-refractivity contribution >= 4 is 5.78 Å². The minimum Gasteiger partial charge on any atom is -0.497 e. The number of rotatable bonds is 0. The lowest BCUT2D eigenvalue weighted by Crippen LogP contribution is -2.27. The van der Waals surface area contributed by atoms with Crippen molar-refractivity contribution in [2.24, 2.45) is 11.3 Å². The molecule has 2 rings (SSSR count). The number of carbonyl (C=O) groups is 1. The van der Waals surface area contributed by atoms with Crippen LogP contribution in [0.3, 0.4) is 0 Å². The molecule has 0 aromatic carbocycles. The molecule has 0 saturated heterocycles. The van der Waals surface area contributed by atoms with E-state index in [4.69, 9.17) is 4.74 Å². The summed E-state index contributed by atoms with van der Waals surface area (Å²) in [4.78, 5) is 11.9. The molecular weight excluding hydrogens is 164 g/mol. The van der Waals surface area contributed by atoms with Crippen LogP contribution in [0.1, 0.15) is 33.6 Å². The molecule has 1 heterocycles. The topological polar surface area (TPSA) is 26.3 Å². The maximum Gasteiger partial charge on any atom is 0.165 e. The Labute approximate surface area is 79.0 Å². The van der Waals surface area contributed by atoms with E-state index in [1.54, 1.807) is 0 Å². The maximum absolute atomic E-state index is 11.9. The van der Waals surface area contributed by atoms with Gasteiger partial charge in [0.1, 0.15) is 5.76 Å². The number of hydrogen-bond donors (Lipinski definition) is 0. The Morgan fingerprint density at radius 2 is 2.15 bits per heavy atom. The van der Waals surface area contributed by atoms with E-state index in [1.165, 1.54) is 0 Å². The Hall–Kier alpha value is -0.790. The molecule has 1 aliphatic heterocycles. The Bertz CT molecular complexity index is 286. The van der Waals surface area contributed by atoms with Gasteiger partial charge in [0.2, 0.25) is 0 Å². The van der Waals surface area contributed by atoms with Gasteiger partial charge in [0.05, 0.1) is 6.61 Å². The summed E-state index contributed by atoms with van der Waals surface area (Å²) in [6.07, 6.45) is 1.90. The summed E-state index contributed by atoms with van der Waals surface area (Å²) >= 11 is 0. The fourth-order valence-corrected chi connectivity index (χ4v) is 2.18. The second-order valence-electron chi connectivity index (χ2n) is 4.77. The van der Waals surface area contributed by atoms with Crippen molar-refractivity contribution in [3.8, 4) is 0 Å². The highest BCUT2D eigenvalue weighted by Gasteiger charge is 2.42. The third-order valence-electron chi connectivity index (χ3n) is 3.06. The van der Waals surface area contributed by atoms with E-state index in [0.29, 0.717) is 12.4 Å². The van der Waals surface area contributed by atoms with Gasteiger partial charge in [-0.25, -0.2) is 0 Å². The van der Waals surface area contributed by atoms with E-state index in [0.717, 1.165) is 24.2 Å². The van der Waals surface area contributed by atoms with Crippen molar-refractivity contribution in [2.45, 2.75) is 33.6 Å². The third kappa shape index (κ3) is 1.19.